The van der Waals surface area contributed by atoms with Crippen LogP contribution in [0, 0.1) is 0 Å². The fourth-order valence-electron chi connectivity index (χ4n) is 1.57. The fourth-order valence-corrected chi connectivity index (χ4v) is 1.57. The van der Waals surface area contributed by atoms with E-state index in [4.69, 9.17) is 5.11 Å². The first kappa shape index (κ1) is 8.22. The van der Waals surface area contributed by atoms with Gasteiger partial charge < -0.3 is 9.67 Å². The second-order valence-electron chi connectivity index (χ2n) is 3.11. The summed E-state index contributed by atoms with van der Waals surface area (Å²) in [4.78, 5) is 14.5. The first-order chi connectivity index (χ1) is 6.18. The summed E-state index contributed by atoms with van der Waals surface area (Å²) in [5, 5.41) is 8.74. The summed E-state index contributed by atoms with van der Waals surface area (Å²) in [6.45, 7) is 0.415. The third kappa shape index (κ3) is 1.30. The minimum absolute atomic E-state index is 0.155. The van der Waals surface area contributed by atoms with Gasteiger partial charge in [0.15, 0.2) is 0 Å². The molecule has 70 valence electrons. The van der Waals surface area contributed by atoms with Crippen molar-refractivity contribution >= 4 is 5.97 Å². The predicted octanol–water partition coefficient (Wildman–Crippen LogP) is 0.866. The molecule has 13 heavy (non-hydrogen) atoms. The van der Waals surface area contributed by atoms with E-state index < -0.39 is 12.1 Å². The van der Waals surface area contributed by atoms with E-state index in [0.29, 0.717) is 18.8 Å². The Kier molecular flexibility index (Phi) is 1.79. The molecule has 0 saturated heterocycles. The van der Waals surface area contributed by atoms with E-state index >= 15 is 0 Å². The number of carboxylic acids is 1. The Morgan fingerprint density at radius 1 is 1.77 bits per heavy atom. The van der Waals surface area contributed by atoms with Gasteiger partial charge in [0.05, 0.1) is 6.20 Å². The number of carbonyl (C=O) groups is 1. The van der Waals surface area contributed by atoms with Gasteiger partial charge >= 0.3 is 5.97 Å². The number of carboxylic acid groups (broad SMARTS) is 1. The Hall–Kier alpha value is -1.39. The molecule has 1 atom stereocenters. The molecule has 0 radical (unpaired) electrons. The summed E-state index contributed by atoms with van der Waals surface area (Å²) < 4.78 is 14.4. The van der Waals surface area contributed by atoms with E-state index in [-0.39, 0.29) is 12.1 Å². The maximum absolute atomic E-state index is 12.9. The first-order valence-corrected chi connectivity index (χ1v) is 4.10. The van der Waals surface area contributed by atoms with Crippen LogP contribution in [0.3, 0.4) is 0 Å². The lowest BCUT2D eigenvalue weighted by Gasteiger charge is -2.17. The summed E-state index contributed by atoms with van der Waals surface area (Å²) >= 11 is 0. The van der Waals surface area contributed by atoms with Gasteiger partial charge in [-0.2, -0.15) is 0 Å². The standard InChI is InChI=1S/C8H9FN2O2/c9-5-1-2-11-6(8(12)13)4-10-7(11)3-5/h4-5H,1-3H2,(H,12,13). The minimum Gasteiger partial charge on any atom is -0.477 e. The molecular weight excluding hydrogens is 175 g/mol. The van der Waals surface area contributed by atoms with Gasteiger partial charge in [-0.3, -0.25) is 0 Å². The van der Waals surface area contributed by atoms with E-state index in [1.165, 1.54) is 6.20 Å². The Morgan fingerprint density at radius 2 is 2.54 bits per heavy atom. The molecule has 4 nitrogen and oxygen atoms in total. The van der Waals surface area contributed by atoms with Gasteiger partial charge in [-0.15, -0.1) is 0 Å². The number of alkyl halides is 1. The maximum Gasteiger partial charge on any atom is 0.354 e. The van der Waals surface area contributed by atoms with Crippen LogP contribution in [-0.2, 0) is 13.0 Å². The highest BCUT2D eigenvalue weighted by atomic mass is 19.1. The van der Waals surface area contributed by atoms with Crippen LogP contribution in [-0.4, -0.2) is 26.8 Å². The van der Waals surface area contributed by atoms with Crippen LogP contribution in [0.25, 0.3) is 0 Å². The summed E-state index contributed by atoms with van der Waals surface area (Å²) in [6, 6.07) is 0. The quantitative estimate of drug-likeness (QED) is 0.704. The Balaban J connectivity index is 2.39. The summed E-state index contributed by atoms with van der Waals surface area (Å²) in [5.41, 5.74) is 0.155. The zero-order valence-electron chi connectivity index (χ0n) is 6.90. The number of rotatable bonds is 1. The number of aromatic carboxylic acids is 1. The van der Waals surface area contributed by atoms with Gasteiger partial charge in [0, 0.05) is 13.0 Å². The number of aromatic nitrogens is 2. The van der Waals surface area contributed by atoms with Gasteiger partial charge in [0.1, 0.15) is 17.7 Å². The molecule has 0 spiro atoms. The van der Waals surface area contributed by atoms with Crippen LogP contribution < -0.4 is 0 Å². The second-order valence-corrected chi connectivity index (χ2v) is 3.11. The third-order valence-electron chi connectivity index (χ3n) is 2.23. The van der Waals surface area contributed by atoms with Crippen LogP contribution >= 0.6 is 0 Å². The lowest BCUT2D eigenvalue weighted by Crippen LogP contribution is -2.22. The van der Waals surface area contributed by atoms with Crippen LogP contribution in [0.1, 0.15) is 22.7 Å². The summed E-state index contributed by atoms with van der Waals surface area (Å²) in [7, 11) is 0. The zero-order chi connectivity index (χ0) is 9.42. The zero-order valence-corrected chi connectivity index (χ0v) is 6.90. The van der Waals surface area contributed by atoms with Gasteiger partial charge in [0.2, 0.25) is 0 Å². The first-order valence-electron chi connectivity index (χ1n) is 4.10. The van der Waals surface area contributed by atoms with Gasteiger partial charge in [-0.05, 0) is 6.42 Å². The number of nitrogens with zero attached hydrogens (tertiary/aromatic N) is 2. The molecule has 1 aromatic heterocycles. The molecule has 0 aromatic carbocycles. The van der Waals surface area contributed by atoms with E-state index in [0.717, 1.165) is 0 Å². The summed E-state index contributed by atoms with van der Waals surface area (Å²) in [5.74, 6) is -0.466. The van der Waals surface area contributed by atoms with Crippen molar-refractivity contribution in [1.29, 1.82) is 0 Å². The predicted molar refractivity (Wildman–Crippen MR) is 42.4 cm³/mol. The molecule has 2 heterocycles. The number of fused-ring (bicyclic) bond motifs is 1. The maximum atomic E-state index is 12.9. The Labute approximate surface area is 74.0 Å². The van der Waals surface area contributed by atoms with Gasteiger partial charge in [0.25, 0.3) is 0 Å². The second kappa shape index (κ2) is 2.83. The molecule has 2 rings (SSSR count). The highest BCUT2D eigenvalue weighted by Gasteiger charge is 2.23. The van der Waals surface area contributed by atoms with Crippen LogP contribution in [0.15, 0.2) is 6.20 Å². The largest absolute Gasteiger partial charge is 0.477 e. The lowest BCUT2D eigenvalue weighted by molar-refractivity contribution is 0.0682. The van der Waals surface area contributed by atoms with Crippen LogP contribution in [0.2, 0.25) is 0 Å². The summed E-state index contributed by atoms with van der Waals surface area (Å²) in [6.07, 6.45) is 1.02. The average molecular weight is 184 g/mol. The van der Waals surface area contributed by atoms with E-state index in [1.807, 2.05) is 0 Å². The van der Waals surface area contributed by atoms with Crippen molar-refractivity contribution in [2.75, 3.05) is 0 Å². The number of imidazole rings is 1. The van der Waals surface area contributed by atoms with Crippen molar-refractivity contribution in [1.82, 2.24) is 9.55 Å². The number of halogens is 1. The Morgan fingerprint density at radius 3 is 3.23 bits per heavy atom. The topological polar surface area (TPSA) is 55.1 Å². The average Bonchev–Trinajstić information content (AvgIpc) is 2.46. The van der Waals surface area contributed by atoms with Crippen molar-refractivity contribution in [3.63, 3.8) is 0 Å². The molecule has 1 aliphatic rings. The highest BCUT2D eigenvalue weighted by molar-refractivity contribution is 5.85. The monoisotopic (exact) mass is 184 g/mol. The Bertz CT molecular complexity index is 348. The lowest BCUT2D eigenvalue weighted by atomic mass is 10.1. The van der Waals surface area contributed by atoms with Gasteiger partial charge in [-0.1, -0.05) is 0 Å². The number of hydrogen-bond acceptors (Lipinski definition) is 2. The van der Waals surface area contributed by atoms with E-state index in [9.17, 15) is 9.18 Å². The highest BCUT2D eigenvalue weighted by Crippen LogP contribution is 2.18. The molecular formula is C8H9FN2O2. The van der Waals surface area contributed by atoms with Crippen molar-refractivity contribution in [3.05, 3.63) is 17.7 Å². The van der Waals surface area contributed by atoms with E-state index in [1.54, 1.807) is 4.57 Å². The SMILES string of the molecule is O=C(O)c1cnc2n1CCC(F)C2. The minimum atomic E-state index is -1.00. The van der Waals surface area contributed by atoms with Crippen LogP contribution in [0.5, 0.6) is 0 Å². The molecule has 1 aliphatic heterocycles. The molecule has 0 fully saturated rings. The normalized spacial score (nSPS) is 21.2. The molecule has 1 aromatic rings. The molecule has 5 heteroatoms. The molecule has 0 bridgehead atoms. The molecule has 0 saturated carbocycles. The molecule has 0 amide bonds. The smallest absolute Gasteiger partial charge is 0.354 e. The van der Waals surface area contributed by atoms with Crippen molar-refractivity contribution in [2.45, 2.75) is 25.6 Å². The fraction of sp³-hybridized carbons (Fsp3) is 0.500. The van der Waals surface area contributed by atoms with E-state index in [2.05, 4.69) is 4.98 Å². The van der Waals surface area contributed by atoms with Crippen LogP contribution in [0.4, 0.5) is 4.39 Å². The van der Waals surface area contributed by atoms with Crippen molar-refractivity contribution in [2.24, 2.45) is 0 Å². The third-order valence-corrected chi connectivity index (χ3v) is 2.23. The van der Waals surface area contributed by atoms with Crippen molar-refractivity contribution < 1.29 is 14.3 Å². The van der Waals surface area contributed by atoms with Gasteiger partial charge in [-0.25, -0.2) is 14.2 Å². The van der Waals surface area contributed by atoms with Crippen molar-refractivity contribution in [3.8, 4) is 0 Å². The number of hydrogen-bond donors (Lipinski definition) is 1. The molecule has 1 N–H and O–H groups in total. The molecule has 1 unspecified atom stereocenters. The molecule has 0 aliphatic carbocycles.